The Hall–Kier alpha value is -1.34. The van der Waals surface area contributed by atoms with Crippen LogP contribution >= 0.6 is 0 Å². The maximum Gasteiger partial charge on any atom is 0.407 e. The number of carbonyl (C=O) groups is 2. The maximum absolute atomic E-state index is 12.6. The third-order valence-electron chi connectivity index (χ3n) is 11.7. The van der Waals surface area contributed by atoms with Crippen LogP contribution in [0.25, 0.3) is 0 Å². The van der Waals surface area contributed by atoms with Gasteiger partial charge in [0.05, 0.1) is 14.2 Å². The molecule has 9 unspecified atom stereocenters. The lowest BCUT2D eigenvalue weighted by atomic mass is 9.43. The molecule has 3 N–H and O–H groups in total. The summed E-state index contributed by atoms with van der Waals surface area (Å²) < 4.78 is 10.0. The van der Waals surface area contributed by atoms with Crippen LogP contribution in [0.15, 0.2) is 0 Å². The van der Waals surface area contributed by atoms with Gasteiger partial charge in [0.25, 0.3) is 0 Å². The summed E-state index contributed by atoms with van der Waals surface area (Å²) >= 11 is 0. The summed E-state index contributed by atoms with van der Waals surface area (Å²) in [5, 5.41) is 10.7. The lowest BCUT2D eigenvalue weighted by Crippen LogP contribution is -2.62. The molecule has 1 amide bonds. The lowest BCUT2D eigenvalue weighted by Gasteiger charge is -2.63. The summed E-state index contributed by atoms with van der Waals surface area (Å²) in [6.45, 7) is 11.5. The molecule has 0 aromatic carbocycles. The summed E-state index contributed by atoms with van der Waals surface area (Å²) in [6, 6.07) is 1.27. The van der Waals surface area contributed by atoms with Gasteiger partial charge in [0.1, 0.15) is 0 Å². The van der Waals surface area contributed by atoms with Crippen LogP contribution in [0.1, 0.15) is 98.3 Å². The molecule has 7 heteroatoms. The first-order valence-electron chi connectivity index (χ1n) is 15.5. The molecule has 0 aliphatic heterocycles. The standard InChI is InChI=1S/C31H55N3O4/c1-20(2)32-16-17-33-23-12-14-31(4)22(18-23)19-26(34-29(36)38-6)28-24-11-10-21(8-7-9-27(35)37-5)30(24,3)15-13-25(28)31/h20-26,28,32-33H,7-19H2,1-6H3,(H,34,36). The molecule has 0 heterocycles. The van der Waals surface area contributed by atoms with Crippen molar-refractivity contribution in [3.05, 3.63) is 0 Å². The first-order valence-corrected chi connectivity index (χ1v) is 15.5. The smallest absolute Gasteiger partial charge is 0.407 e. The van der Waals surface area contributed by atoms with E-state index in [9.17, 15) is 9.59 Å². The fourth-order valence-corrected chi connectivity index (χ4v) is 9.63. The third kappa shape index (κ3) is 6.04. The zero-order valence-corrected chi connectivity index (χ0v) is 24.9. The van der Waals surface area contributed by atoms with Gasteiger partial charge in [0, 0.05) is 37.6 Å². The number of esters is 1. The molecule has 0 aromatic heterocycles. The van der Waals surface area contributed by atoms with Crippen LogP contribution in [0, 0.1) is 40.4 Å². The van der Waals surface area contributed by atoms with E-state index in [0.29, 0.717) is 58.9 Å². The van der Waals surface area contributed by atoms with Gasteiger partial charge in [-0.2, -0.15) is 0 Å². The van der Waals surface area contributed by atoms with Gasteiger partial charge in [-0.3, -0.25) is 4.79 Å². The minimum Gasteiger partial charge on any atom is -0.469 e. The third-order valence-corrected chi connectivity index (χ3v) is 11.7. The highest BCUT2D eigenvalue weighted by Gasteiger charge is 2.62. The summed E-state index contributed by atoms with van der Waals surface area (Å²) in [6.07, 6.45) is 12.1. The molecule has 218 valence electrons. The molecule has 0 bridgehead atoms. The molecule has 9 atom stereocenters. The number of hydrogen-bond acceptors (Lipinski definition) is 6. The Morgan fingerprint density at radius 2 is 1.66 bits per heavy atom. The van der Waals surface area contributed by atoms with E-state index in [1.54, 1.807) is 0 Å². The van der Waals surface area contributed by atoms with Crippen molar-refractivity contribution in [3.8, 4) is 0 Å². The van der Waals surface area contributed by atoms with E-state index < -0.39 is 0 Å². The Balaban J connectivity index is 1.48. The minimum absolute atomic E-state index is 0.0942. The molecule has 4 saturated carbocycles. The number of rotatable bonds is 10. The van der Waals surface area contributed by atoms with Gasteiger partial charge in [0.2, 0.25) is 0 Å². The van der Waals surface area contributed by atoms with Crippen molar-refractivity contribution in [1.29, 1.82) is 0 Å². The Morgan fingerprint density at radius 3 is 2.37 bits per heavy atom. The predicted octanol–water partition coefficient (Wildman–Crippen LogP) is 5.28. The average Bonchev–Trinajstić information content (AvgIpc) is 3.22. The number of nitrogens with one attached hydrogen (secondary N) is 3. The van der Waals surface area contributed by atoms with E-state index in [1.165, 1.54) is 59.2 Å². The Morgan fingerprint density at radius 1 is 0.921 bits per heavy atom. The van der Waals surface area contributed by atoms with Gasteiger partial charge in [-0.05, 0) is 105 Å². The highest BCUT2D eigenvalue weighted by atomic mass is 16.5. The fourth-order valence-electron chi connectivity index (χ4n) is 9.63. The molecule has 4 rings (SSSR count). The molecular weight excluding hydrogens is 478 g/mol. The second kappa shape index (κ2) is 12.4. The molecule has 38 heavy (non-hydrogen) atoms. The number of ether oxygens (including phenoxy) is 2. The van der Waals surface area contributed by atoms with E-state index in [2.05, 4.69) is 43.6 Å². The van der Waals surface area contributed by atoms with Crippen LogP contribution in [-0.2, 0) is 14.3 Å². The molecule has 0 radical (unpaired) electrons. The van der Waals surface area contributed by atoms with Gasteiger partial charge < -0.3 is 25.4 Å². The maximum atomic E-state index is 12.6. The topological polar surface area (TPSA) is 88.7 Å². The van der Waals surface area contributed by atoms with Crippen molar-refractivity contribution in [2.24, 2.45) is 40.4 Å². The van der Waals surface area contributed by atoms with Crippen LogP contribution in [0.4, 0.5) is 4.79 Å². The summed E-state index contributed by atoms with van der Waals surface area (Å²) in [7, 11) is 2.97. The molecule has 0 spiro atoms. The van der Waals surface area contributed by atoms with Crippen LogP contribution in [0.2, 0.25) is 0 Å². The summed E-state index contributed by atoms with van der Waals surface area (Å²) in [5.74, 6) is 2.97. The SMILES string of the molecule is COC(=O)CCCC1CCC2C3C(NC(=O)OC)CC4CC(NCCNC(C)C)CCC4(C)C3CCC12C. The van der Waals surface area contributed by atoms with Gasteiger partial charge in [-0.15, -0.1) is 0 Å². The zero-order chi connectivity index (χ0) is 27.5. The second-order valence-electron chi connectivity index (χ2n) is 13.8. The molecule has 0 saturated heterocycles. The number of hydrogen-bond donors (Lipinski definition) is 3. The number of alkyl carbamates (subject to hydrolysis) is 1. The fraction of sp³-hybridized carbons (Fsp3) is 0.935. The van der Waals surface area contributed by atoms with Crippen molar-refractivity contribution >= 4 is 12.1 Å². The van der Waals surface area contributed by atoms with Crippen molar-refractivity contribution in [1.82, 2.24) is 16.0 Å². The minimum atomic E-state index is -0.275. The van der Waals surface area contributed by atoms with Crippen molar-refractivity contribution in [2.75, 3.05) is 27.3 Å². The molecule has 7 nitrogen and oxygen atoms in total. The van der Waals surface area contributed by atoms with Crippen molar-refractivity contribution in [2.45, 2.75) is 116 Å². The van der Waals surface area contributed by atoms with Crippen LogP contribution in [0.5, 0.6) is 0 Å². The average molecular weight is 534 g/mol. The molecular formula is C31H55N3O4. The van der Waals surface area contributed by atoms with Crippen molar-refractivity contribution < 1.29 is 19.1 Å². The van der Waals surface area contributed by atoms with Crippen LogP contribution < -0.4 is 16.0 Å². The van der Waals surface area contributed by atoms with Crippen LogP contribution in [0.3, 0.4) is 0 Å². The molecule has 0 aromatic rings. The quantitative estimate of drug-likeness (QED) is 0.262. The summed E-state index contributed by atoms with van der Waals surface area (Å²) in [5.41, 5.74) is 0.635. The normalized spacial score (nSPS) is 40.1. The Labute approximate surface area is 231 Å². The zero-order valence-electron chi connectivity index (χ0n) is 24.9. The van der Waals surface area contributed by atoms with Gasteiger partial charge >= 0.3 is 12.1 Å². The van der Waals surface area contributed by atoms with Gasteiger partial charge in [-0.1, -0.05) is 27.7 Å². The van der Waals surface area contributed by atoms with E-state index in [-0.39, 0.29) is 18.1 Å². The van der Waals surface area contributed by atoms with E-state index in [1.807, 2.05) is 0 Å². The largest absolute Gasteiger partial charge is 0.469 e. The highest BCUT2D eigenvalue weighted by molar-refractivity contribution is 5.69. The number of methoxy groups -OCH3 is 2. The number of carbonyl (C=O) groups excluding carboxylic acids is 2. The van der Waals surface area contributed by atoms with Gasteiger partial charge in [-0.25, -0.2) is 4.79 Å². The monoisotopic (exact) mass is 533 g/mol. The molecule has 4 aliphatic carbocycles. The van der Waals surface area contributed by atoms with Crippen LogP contribution in [-0.4, -0.2) is 57.5 Å². The first-order chi connectivity index (χ1) is 18.1. The predicted molar refractivity (Wildman–Crippen MR) is 151 cm³/mol. The number of amides is 1. The molecule has 4 fully saturated rings. The molecule has 4 aliphatic rings. The van der Waals surface area contributed by atoms with E-state index >= 15 is 0 Å². The highest BCUT2D eigenvalue weighted by Crippen LogP contribution is 2.68. The summed E-state index contributed by atoms with van der Waals surface area (Å²) in [4.78, 5) is 24.3. The van der Waals surface area contributed by atoms with E-state index in [0.717, 1.165) is 32.4 Å². The van der Waals surface area contributed by atoms with Gasteiger partial charge in [0.15, 0.2) is 0 Å². The van der Waals surface area contributed by atoms with Crippen molar-refractivity contribution in [3.63, 3.8) is 0 Å². The second-order valence-corrected chi connectivity index (χ2v) is 13.8. The van der Waals surface area contributed by atoms with E-state index in [4.69, 9.17) is 9.47 Å². The number of fused-ring (bicyclic) bond motifs is 5. The lowest BCUT2D eigenvalue weighted by molar-refractivity contribution is -0.141. The first kappa shape index (κ1) is 29.6. The Bertz CT molecular complexity index is 821. The Kier molecular flexibility index (Phi) is 9.71.